The predicted molar refractivity (Wildman–Crippen MR) is 92.3 cm³/mol. The van der Waals surface area contributed by atoms with E-state index in [1.54, 1.807) is 0 Å². The highest BCUT2D eigenvalue weighted by atomic mass is 35.5. The maximum Gasteiger partial charge on any atom is 0.0839 e. The highest BCUT2D eigenvalue weighted by Crippen LogP contribution is 2.38. The lowest BCUT2D eigenvalue weighted by molar-refractivity contribution is 0.337. The van der Waals surface area contributed by atoms with Gasteiger partial charge in [0.15, 0.2) is 0 Å². The summed E-state index contributed by atoms with van der Waals surface area (Å²) >= 11 is 34.6. The van der Waals surface area contributed by atoms with Crippen LogP contribution in [0, 0.1) is 10.8 Å². The molecule has 0 aromatic rings. The zero-order valence-electron chi connectivity index (χ0n) is 10.6. The van der Waals surface area contributed by atoms with Gasteiger partial charge in [0.1, 0.15) is 0 Å². The predicted octanol–water partition coefficient (Wildman–Crippen LogP) is 4.16. The molecule has 124 valence electrons. The summed E-state index contributed by atoms with van der Waals surface area (Å²) in [4.78, 5) is 0. The second-order valence-electron chi connectivity index (χ2n) is 5.28. The monoisotopic (exact) mass is 428 g/mol. The maximum absolute atomic E-state index is 12.5. The van der Waals surface area contributed by atoms with E-state index in [1.165, 1.54) is 0 Å². The number of hydrogen-bond donors (Lipinski definition) is 2. The molecular formula is C10H18Cl6O3S. The Balaban J connectivity index is 5.40. The molecule has 0 saturated heterocycles. The van der Waals surface area contributed by atoms with Crippen molar-refractivity contribution in [1.29, 1.82) is 0 Å². The molecule has 0 unspecified atom stereocenters. The summed E-state index contributed by atoms with van der Waals surface area (Å²) in [6.07, 6.45) is 0. The van der Waals surface area contributed by atoms with E-state index in [2.05, 4.69) is 0 Å². The van der Waals surface area contributed by atoms with E-state index in [0.717, 1.165) is 0 Å². The third kappa shape index (κ3) is 6.13. The molecule has 0 aromatic carbocycles. The highest BCUT2D eigenvalue weighted by Gasteiger charge is 2.47. The van der Waals surface area contributed by atoms with Crippen molar-refractivity contribution in [2.75, 3.05) is 46.8 Å². The first-order chi connectivity index (χ1) is 9.05. The highest BCUT2D eigenvalue weighted by molar-refractivity contribution is 8.10. The summed E-state index contributed by atoms with van der Waals surface area (Å²) in [5, 5.41) is 0. The SMILES string of the molecule is O=S(O)(O)(CC(CCl)(CCl)CCl)CC(CCl)(CCl)CCl. The third-order valence-electron chi connectivity index (χ3n) is 2.89. The van der Waals surface area contributed by atoms with Crippen molar-refractivity contribution in [1.82, 2.24) is 0 Å². The van der Waals surface area contributed by atoms with E-state index >= 15 is 0 Å². The Morgan fingerprint density at radius 1 is 0.650 bits per heavy atom. The molecule has 0 radical (unpaired) electrons. The minimum Gasteiger partial charge on any atom is -0.308 e. The average molecular weight is 431 g/mol. The van der Waals surface area contributed by atoms with Crippen LogP contribution < -0.4 is 0 Å². The van der Waals surface area contributed by atoms with Gasteiger partial charge in [-0.15, -0.1) is 69.6 Å². The van der Waals surface area contributed by atoms with Gasteiger partial charge in [0.25, 0.3) is 0 Å². The van der Waals surface area contributed by atoms with E-state index in [1.807, 2.05) is 0 Å². The van der Waals surface area contributed by atoms with Crippen molar-refractivity contribution < 1.29 is 13.3 Å². The minimum absolute atomic E-state index is 0.0642. The summed E-state index contributed by atoms with van der Waals surface area (Å²) in [6.45, 7) is 0. The van der Waals surface area contributed by atoms with E-state index in [9.17, 15) is 13.3 Å². The molecule has 0 aromatic heterocycles. The van der Waals surface area contributed by atoms with Crippen LogP contribution in [0.15, 0.2) is 0 Å². The largest absolute Gasteiger partial charge is 0.308 e. The quantitative estimate of drug-likeness (QED) is 0.511. The average Bonchev–Trinajstić information content (AvgIpc) is 2.42. The lowest BCUT2D eigenvalue weighted by Crippen LogP contribution is -2.54. The second-order valence-corrected chi connectivity index (χ2v) is 9.83. The van der Waals surface area contributed by atoms with Crippen molar-refractivity contribution >= 4 is 79.2 Å². The van der Waals surface area contributed by atoms with Gasteiger partial charge in [-0.05, 0) is 0 Å². The molecule has 0 amide bonds. The lowest BCUT2D eigenvalue weighted by Gasteiger charge is -2.43. The number of halogens is 6. The standard InChI is InChI=1S/C10H18Cl6O3S/c11-1-9(2-12,3-13)7-20(17,18,19)8-10(4-14,5-15)6-16/h1-8H2,(H2,17,18,19). The van der Waals surface area contributed by atoms with Gasteiger partial charge in [-0.25, -0.2) is 4.21 Å². The summed E-state index contributed by atoms with van der Waals surface area (Å²) in [5.41, 5.74) is -2.12. The van der Waals surface area contributed by atoms with Crippen molar-refractivity contribution in [2.45, 2.75) is 0 Å². The zero-order valence-corrected chi connectivity index (χ0v) is 16.0. The van der Waals surface area contributed by atoms with Crippen LogP contribution in [0.25, 0.3) is 0 Å². The van der Waals surface area contributed by atoms with Crippen LogP contribution in [0.4, 0.5) is 0 Å². The van der Waals surface area contributed by atoms with Crippen molar-refractivity contribution in [3.8, 4) is 0 Å². The molecule has 3 nitrogen and oxygen atoms in total. The minimum atomic E-state index is -5.06. The first-order valence-corrected chi connectivity index (χ1v) is 11.0. The van der Waals surface area contributed by atoms with Crippen molar-refractivity contribution in [3.63, 3.8) is 0 Å². The first-order valence-electron chi connectivity index (χ1n) is 5.54. The summed E-state index contributed by atoms with van der Waals surface area (Å²) < 4.78 is 32.9. The molecular weight excluding hydrogens is 413 g/mol. The fourth-order valence-corrected chi connectivity index (χ4v) is 7.86. The van der Waals surface area contributed by atoms with Gasteiger partial charge in [-0.2, -0.15) is 0 Å². The van der Waals surface area contributed by atoms with Crippen molar-refractivity contribution in [3.05, 3.63) is 0 Å². The molecule has 0 bridgehead atoms. The Morgan fingerprint density at radius 2 is 0.850 bits per heavy atom. The summed E-state index contributed by atoms with van der Waals surface area (Å²) in [6, 6.07) is 0. The summed E-state index contributed by atoms with van der Waals surface area (Å²) in [7, 11) is -5.06. The van der Waals surface area contributed by atoms with Gasteiger partial charge >= 0.3 is 0 Å². The molecule has 0 heterocycles. The molecule has 0 aliphatic carbocycles. The smallest absolute Gasteiger partial charge is 0.0839 e. The van der Waals surface area contributed by atoms with E-state index in [0.29, 0.717) is 0 Å². The van der Waals surface area contributed by atoms with Crippen LogP contribution in [0.3, 0.4) is 0 Å². The fraction of sp³-hybridized carbons (Fsp3) is 1.00. The Kier molecular flexibility index (Phi) is 8.80. The fourth-order valence-electron chi connectivity index (χ4n) is 1.73. The van der Waals surface area contributed by atoms with Gasteiger partial charge in [0, 0.05) is 46.1 Å². The maximum atomic E-state index is 12.5. The number of alkyl halides is 6. The Bertz CT molecular complexity index is 319. The third-order valence-corrected chi connectivity index (χ3v) is 8.68. The van der Waals surface area contributed by atoms with Crippen LogP contribution in [0.1, 0.15) is 0 Å². The van der Waals surface area contributed by atoms with Crippen LogP contribution in [-0.2, 0) is 9.63 Å². The molecule has 10 heteroatoms. The Morgan fingerprint density at radius 3 is 1.00 bits per heavy atom. The van der Waals surface area contributed by atoms with Crippen molar-refractivity contribution in [2.24, 2.45) is 10.8 Å². The number of rotatable bonds is 10. The van der Waals surface area contributed by atoms with Crippen LogP contribution in [0.2, 0.25) is 0 Å². The second kappa shape index (κ2) is 8.07. The molecule has 0 atom stereocenters. The van der Waals surface area contributed by atoms with E-state index in [4.69, 9.17) is 69.6 Å². The topological polar surface area (TPSA) is 57.5 Å². The Labute approximate surface area is 149 Å². The van der Waals surface area contributed by atoms with Gasteiger partial charge in [0.2, 0.25) is 0 Å². The molecule has 0 spiro atoms. The van der Waals surface area contributed by atoms with Gasteiger partial charge in [-0.1, -0.05) is 0 Å². The van der Waals surface area contributed by atoms with E-state index in [-0.39, 0.29) is 35.3 Å². The molecule has 2 N–H and O–H groups in total. The summed E-state index contributed by atoms with van der Waals surface area (Å²) in [5.74, 6) is -1.48. The van der Waals surface area contributed by atoms with Gasteiger partial charge < -0.3 is 9.11 Å². The molecule has 20 heavy (non-hydrogen) atoms. The zero-order chi connectivity index (χ0) is 16.1. The molecule has 0 aliphatic heterocycles. The lowest BCUT2D eigenvalue weighted by atomic mass is 9.99. The van der Waals surface area contributed by atoms with Gasteiger partial charge in [-0.3, -0.25) is 0 Å². The Hall–Kier alpha value is 1.81. The first kappa shape index (κ1) is 21.8. The van der Waals surface area contributed by atoms with Crippen LogP contribution >= 0.6 is 69.6 Å². The molecule has 0 aliphatic rings. The molecule has 0 saturated carbocycles. The molecule has 0 rings (SSSR count). The van der Waals surface area contributed by atoms with Crippen LogP contribution in [-0.4, -0.2) is 60.1 Å². The number of hydrogen-bond acceptors (Lipinski definition) is 1. The van der Waals surface area contributed by atoms with Gasteiger partial charge in [0.05, 0.1) is 21.1 Å². The van der Waals surface area contributed by atoms with E-state index < -0.39 is 32.0 Å². The van der Waals surface area contributed by atoms with Crippen LogP contribution in [0.5, 0.6) is 0 Å². The molecule has 0 fully saturated rings. The normalized spacial score (nSPS) is 15.9.